The second-order valence-electron chi connectivity index (χ2n) is 3.09. The maximum Gasteiger partial charge on any atom is 0.391 e. The zero-order valence-corrected chi connectivity index (χ0v) is 9.35. The van der Waals surface area contributed by atoms with Crippen molar-refractivity contribution in [3.8, 4) is 0 Å². The molecule has 0 fully saturated rings. The summed E-state index contributed by atoms with van der Waals surface area (Å²) >= 11 is 5.71. The highest BCUT2D eigenvalue weighted by Gasteiger charge is 2.21. The fraction of sp³-hybridized carbons (Fsp3) is 0.714. The number of hydrogen-bond donors (Lipinski definition) is 0. The number of carbonyl (C=O) groups excluding carboxylic acids is 2. The summed E-state index contributed by atoms with van der Waals surface area (Å²) in [5.74, 6) is -1.08. The van der Waals surface area contributed by atoms with Crippen LogP contribution in [0.25, 0.3) is 0 Å². The van der Waals surface area contributed by atoms with Crippen molar-refractivity contribution in [1.82, 2.24) is 0 Å². The number of rotatable bonds is 6. The maximum absolute atomic E-state index is 10.6. The largest absolute Gasteiger partial charge is 0.459 e. The maximum atomic E-state index is 10.6. The Morgan fingerprint density at radius 3 is 2.50 bits per heavy atom. The lowest BCUT2D eigenvalue weighted by molar-refractivity contribution is -0.150. The number of nitroso groups, excluding NO2 is 1. The Bertz CT molecular complexity index is 244. The summed E-state index contributed by atoms with van der Waals surface area (Å²) in [5.41, 5.74) is 0. The lowest BCUT2D eigenvalue weighted by Crippen LogP contribution is -2.20. The number of esters is 1. The predicted octanol–water partition coefficient (Wildman–Crippen LogP) is 1.88. The molecule has 0 aliphatic carbocycles. The Balaban J connectivity index is 3.78. The van der Waals surface area contributed by atoms with Gasteiger partial charge in [0, 0.05) is 21.3 Å². The minimum atomic E-state index is -1.15. The number of nitrogens with zero attached hydrogens (tertiary/aromatic N) is 1. The summed E-state index contributed by atoms with van der Waals surface area (Å²) in [7, 11) is 0. The minimum absolute atomic E-state index is 0.0345. The Labute approximate surface area is 90.6 Å². The molecular formula is C7H10ClNO4S. The van der Waals surface area contributed by atoms with Gasteiger partial charge < -0.3 is 4.74 Å². The molecule has 0 aromatic carbocycles. The summed E-state index contributed by atoms with van der Waals surface area (Å²) in [6, 6.07) is 0. The predicted molar refractivity (Wildman–Crippen MR) is 53.9 cm³/mol. The van der Waals surface area contributed by atoms with Crippen LogP contribution >= 0.6 is 23.5 Å². The molecular weight excluding hydrogens is 230 g/mol. The minimum Gasteiger partial charge on any atom is -0.459 e. The van der Waals surface area contributed by atoms with Gasteiger partial charge in [-0.15, -0.1) is 4.91 Å². The average Bonchev–Trinajstić information content (AvgIpc) is 2.03. The van der Waals surface area contributed by atoms with Gasteiger partial charge in [-0.3, -0.25) is 4.79 Å². The molecule has 5 nitrogen and oxygen atoms in total. The van der Waals surface area contributed by atoms with E-state index in [1.807, 2.05) is 0 Å². The second kappa shape index (κ2) is 5.98. The van der Waals surface area contributed by atoms with Gasteiger partial charge in [-0.2, -0.15) is 0 Å². The van der Waals surface area contributed by atoms with Crippen LogP contribution < -0.4 is 0 Å². The van der Waals surface area contributed by atoms with Gasteiger partial charge in [-0.25, -0.2) is 4.79 Å². The highest BCUT2D eigenvalue weighted by Crippen LogP contribution is 2.28. The molecule has 0 radical (unpaired) electrons. The van der Waals surface area contributed by atoms with Crippen LogP contribution in [0.4, 0.5) is 0 Å². The Morgan fingerprint density at radius 1 is 1.50 bits per heavy atom. The van der Waals surface area contributed by atoms with E-state index in [4.69, 9.17) is 11.6 Å². The molecule has 7 heteroatoms. The first-order chi connectivity index (χ1) is 6.39. The van der Waals surface area contributed by atoms with Crippen LogP contribution in [-0.2, 0) is 14.3 Å². The lowest BCUT2D eigenvalue weighted by Gasteiger charge is -2.18. The van der Waals surface area contributed by atoms with Gasteiger partial charge in [0.2, 0.25) is 0 Å². The Hall–Kier alpha value is -0.620. The summed E-state index contributed by atoms with van der Waals surface area (Å²) in [6.07, 6.45) is 0.416. The number of carbonyl (C=O) groups is 2. The zero-order chi connectivity index (χ0) is 11.2. The third-order valence-electron chi connectivity index (χ3n) is 1.38. The summed E-state index contributed by atoms with van der Waals surface area (Å²) in [5, 5.41) is -1.15. The van der Waals surface area contributed by atoms with Crippen LogP contribution in [0.15, 0.2) is 4.58 Å². The third-order valence-corrected chi connectivity index (χ3v) is 2.31. The smallest absolute Gasteiger partial charge is 0.391 e. The van der Waals surface area contributed by atoms with Gasteiger partial charge >= 0.3 is 11.2 Å². The molecule has 0 aromatic rings. The van der Waals surface area contributed by atoms with Crippen LogP contribution in [0, 0.1) is 4.91 Å². The molecule has 80 valence electrons. The van der Waals surface area contributed by atoms with Crippen LogP contribution in [0.3, 0.4) is 0 Å². The van der Waals surface area contributed by atoms with E-state index in [1.54, 1.807) is 13.8 Å². The van der Waals surface area contributed by atoms with Crippen LogP contribution in [0.2, 0.25) is 0 Å². The quantitative estimate of drug-likeness (QED) is 0.233. The van der Waals surface area contributed by atoms with E-state index in [0.717, 1.165) is 11.9 Å². The fourth-order valence-corrected chi connectivity index (χ4v) is 1.02. The standard InChI is InChI=1S/C7H10ClNO4S/c1-7(2,14-9-12)3-4-13-6(11)5(8)10/h3-4H2,1-2H3. The molecule has 0 rings (SSSR count). The summed E-state index contributed by atoms with van der Waals surface area (Å²) in [6.45, 7) is 3.58. The molecule has 0 aliphatic rings. The van der Waals surface area contributed by atoms with Crippen molar-refractivity contribution in [3.63, 3.8) is 0 Å². The van der Waals surface area contributed by atoms with Crippen LogP contribution in [0.1, 0.15) is 20.3 Å². The fourth-order valence-electron chi connectivity index (χ4n) is 0.593. The first kappa shape index (κ1) is 13.4. The molecule has 0 aliphatic heterocycles. The van der Waals surface area contributed by atoms with Gasteiger partial charge in [0.05, 0.1) is 6.61 Å². The lowest BCUT2D eigenvalue weighted by atomic mass is 10.1. The van der Waals surface area contributed by atoms with Gasteiger partial charge in [0.25, 0.3) is 0 Å². The van der Waals surface area contributed by atoms with Gasteiger partial charge in [-0.1, -0.05) is 0 Å². The van der Waals surface area contributed by atoms with Gasteiger partial charge in [0.1, 0.15) is 0 Å². The van der Waals surface area contributed by atoms with E-state index in [-0.39, 0.29) is 6.61 Å². The van der Waals surface area contributed by atoms with E-state index >= 15 is 0 Å². The normalized spacial score (nSPS) is 10.8. The van der Waals surface area contributed by atoms with Crippen molar-refractivity contribution in [3.05, 3.63) is 4.91 Å². The van der Waals surface area contributed by atoms with E-state index in [1.165, 1.54) is 0 Å². The molecule has 0 saturated heterocycles. The van der Waals surface area contributed by atoms with Crippen LogP contribution in [0.5, 0.6) is 0 Å². The van der Waals surface area contributed by atoms with Crippen molar-refractivity contribution in [1.29, 1.82) is 0 Å². The van der Waals surface area contributed by atoms with Crippen molar-refractivity contribution in [2.24, 2.45) is 4.58 Å². The second-order valence-corrected chi connectivity index (χ2v) is 4.87. The molecule has 0 atom stereocenters. The molecule has 0 spiro atoms. The van der Waals surface area contributed by atoms with E-state index in [0.29, 0.717) is 6.42 Å². The van der Waals surface area contributed by atoms with Crippen LogP contribution in [-0.4, -0.2) is 22.6 Å². The van der Waals surface area contributed by atoms with E-state index in [2.05, 4.69) is 9.32 Å². The summed E-state index contributed by atoms with van der Waals surface area (Å²) < 4.78 is 6.76. The zero-order valence-electron chi connectivity index (χ0n) is 7.78. The van der Waals surface area contributed by atoms with Crippen molar-refractivity contribution < 1.29 is 14.3 Å². The molecule has 0 N–H and O–H groups in total. The number of hydrogen-bond acceptors (Lipinski definition) is 6. The first-order valence-corrected chi connectivity index (χ1v) is 4.91. The third kappa shape index (κ3) is 5.93. The van der Waals surface area contributed by atoms with E-state index < -0.39 is 16.0 Å². The molecule has 0 saturated carbocycles. The van der Waals surface area contributed by atoms with Crippen molar-refractivity contribution >= 4 is 34.8 Å². The first-order valence-electron chi connectivity index (χ1n) is 3.76. The SMILES string of the molecule is CC(C)(CCOC(=O)C(=O)Cl)SN=O. The number of halogens is 1. The number of ether oxygens (including phenoxy) is 1. The topological polar surface area (TPSA) is 72.8 Å². The van der Waals surface area contributed by atoms with Gasteiger partial charge in [0.15, 0.2) is 0 Å². The molecule has 0 unspecified atom stereocenters. The molecule has 0 amide bonds. The summed E-state index contributed by atoms with van der Waals surface area (Å²) in [4.78, 5) is 30.8. The highest BCUT2D eigenvalue weighted by atomic mass is 35.5. The van der Waals surface area contributed by atoms with E-state index in [9.17, 15) is 14.5 Å². The highest BCUT2D eigenvalue weighted by molar-refractivity contribution is 7.99. The molecule has 0 aromatic heterocycles. The molecule has 14 heavy (non-hydrogen) atoms. The van der Waals surface area contributed by atoms with Gasteiger partial charge in [-0.05, 0) is 31.9 Å². The molecule has 0 heterocycles. The average molecular weight is 240 g/mol. The Kier molecular flexibility index (Phi) is 5.71. The van der Waals surface area contributed by atoms with Crippen molar-refractivity contribution in [2.75, 3.05) is 6.61 Å². The monoisotopic (exact) mass is 239 g/mol. The Morgan fingerprint density at radius 2 is 2.07 bits per heavy atom. The van der Waals surface area contributed by atoms with Crippen molar-refractivity contribution in [2.45, 2.75) is 25.0 Å². The molecule has 0 bridgehead atoms.